The molecule has 0 spiro atoms. The summed E-state index contributed by atoms with van der Waals surface area (Å²) >= 11 is 0. The predicted molar refractivity (Wildman–Crippen MR) is 81.6 cm³/mol. The van der Waals surface area contributed by atoms with E-state index in [2.05, 4.69) is 26.0 Å². The molecule has 0 aliphatic rings. The molecule has 0 atom stereocenters. The van der Waals surface area contributed by atoms with Crippen LogP contribution in [0.3, 0.4) is 0 Å². The molecule has 0 fully saturated rings. The number of rotatable bonds is 6. The highest BCUT2D eigenvalue weighted by Crippen LogP contribution is 2.27. The lowest BCUT2D eigenvalue weighted by Crippen LogP contribution is -2.04. The van der Waals surface area contributed by atoms with Gasteiger partial charge in [-0.1, -0.05) is 44.2 Å². The van der Waals surface area contributed by atoms with E-state index >= 15 is 0 Å². The van der Waals surface area contributed by atoms with Crippen LogP contribution in [0.1, 0.15) is 41.3 Å². The van der Waals surface area contributed by atoms with Gasteiger partial charge in [0.25, 0.3) is 0 Å². The molecule has 0 amide bonds. The quantitative estimate of drug-likeness (QED) is 0.732. The topological polar surface area (TPSA) is 26.3 Å². The van der Waals surface area contributed by atoms with Crippen LogP contribution in [0.4, 0.5) is 0 Å². The van der Waals surface area contributed by atoms with Gasteiger partial charge in [0.15, 0.2) is 0 Å². The lowest BCUT2D eigenvalue weighted by molar-refractivity contribution is 0.112. The molecule has 0 aromatic heterocycles. The van der Waals surface area contributed by atoms with Crippen LogP contribution in [0.25, 0.3) is 0 Å². The molecule has 2 aromatic rings. The highest BCUT2D eigenvalue weighted by Gasteiger charge is 2.09. The number of hydrogen-bond acceptors (Lipinski definition) is 2. The Morgan fingerprint density at radius 1 is 1.10 bits per heavy atom. The van der Waals surface area contributed by atoms with Crippen LogP contribution in [0, 0.1) is 0 Å². The Morgan fingerprint density at radius 3 is 2.50 bits per heavy atom. The van der Waals surface area contributed by atoms with Gasteiger partial charge in [0, 0.05) is 12.0 Å². The molecule has 0 unspecified atom stereocenters. The maximum atomic E-state index is 10.9. The summed E-state index contributed by atoms with van der Waals surface area (Å²) in [5, 5.41) is 0. The predicted octanol–water partition coefficient (Wildman–Crippen LogP) is 4.24. The van der Waals surface area contributed by atoms with Gasteiger partial charge in [0.1, 0.15) is 12.0 Å². The molecule has 0 aliphatic heterocycles. The van der Waals surface area contributed by atoms with Crippen LogP contribution in [-0.2, 0) is 6.42 Å². The van der Waals surface area contributed by atoms with E-state index < -0.39 is 0 Å². The van der Waals surface area contributed by atoms with E-state index in [1.165, 1.54) is 5.56 Å². The van der Waals surface area contributed by atoms with Gasteiger partial charge in [-0.05, 0) is 35.2 Å². The first-order chi connectivity index (χ1) is 9.70. The Kier molecular flexibility index (Phi) is 4.94. The fourth-order valence-corrected chi connectivity index (χ4v) is 2.15. The molecule has 0 aliphatic carbocycles. The van der Waals surface area contributed by atoms with Crippen molar-refractivity contribution >= 4 is 6.29 Å². The Bertz CT molecular complexity index is 559. The van der Waals surface area contributed by atoms with Gasteiger partial charge in [-0.25, -0.2) is 0 Å². The Balaban J connectivity index is 2.03. The second-order valence-corrected chi connectivity index (χ2v) is 5.15. The molecule has 0 heterocycles. The lowest BCUT2D eigenvalue weighted by Gasteiger charge is -2.14. The van der Waals surface area contributed by atoms with E-state index in [0.29, 0.717) is 18.1 Å². The summed E-state index contributed by atoms with van der Waals surface area (Å²) in [6.45, 7) is 4.85. The van der Waals surface area contributed by atoms with Crippen molar-refractivity contribution in [3.63, 3.8) is 0 Å². The smallest absolute Gasteiger partial charge is 0.150 e. The largest absolute Gasteiger partial charge is 0.493 e. The molecule has 0 saturated carbocycles. The average molecular weight is 268 g/mol. The summed E-state index contributed by atoms with van der Waals surface area (Å²) in [7, 11) is 0. The van der Waals surface area contributed by atoms with Gasteiger partial charge in [-0.3, -0.25) is 4.79 Å². The molecule has 0 N–H and O–H groups in total. The van der Waals surface area contributed by atoms with Crippen molar-refractivity contribution < 1.29 is 9.53 Å². The van der Waals surface area contributed by atoms with Crippen molar-refractivity contribution in [2.24, 2.45) is 0 Å². The highest BCUT2D eigenvalue weighted by molar-refractivity contribution is 5.75. The average Bonchev–Trinajstić information content (AvgIpc) is 2.48. The first kappa shape index (κ1) is 14.3. The van der Waals surface area contributed by atoms with E-state index in [-0.39, 0.29) is 0 Å². The number of carbonyl (C=O) groups excluding carboxylic acids is 1. The molecule has 0 radical (unpaired) electrons. The van der Waals surface area contributed by atoms with Crippen molar-refractivity contribution in [1.82, 2.24) is 0 Å². The zero-order valence-corrected chi connectivity index (χ0v) is 12.0. The van der Waals surface area contributed by atoms with Crippen LogP contribution in [0.2, 0.25) is 0 Å². The summed E-state index contributed by atoms with van der Waals surface area (Å²) in [4.78, 5) is 10.9. The number of carbonyl (C=O) groups is 1. The molecule has 0 saturated heterocycles. The van der Waals surface area contributed by atoms with Crippen molar-refractivity contribution in [2.45, 2.75) is 26.2 Å². The first-order valence-corrected chi connectivity index (χ1v) is 6.96. The van der Waals surface area contributed by atoms with Crippen molar-refractivity contribution in [1.29, 1.82) is 0 Å². The van der Waals surface area contributed by atoms with Crippen LogP contribution < -0.4 is 4.74 Å². The van der Waals surface area contributed by atoms with E-state index in [0.717, 1.165) is 24.0 Å². The summed E-state index contributed by atoms with van der Waals surface area (Å²) < 4.78 is 5.89. The standard InChI is InChI=1S/C18H20O2/c1-14(2)17-12-16(13-19)8-9-18(17)20-11-10-15-6-4-3-5-7-15/h3-9,12-14H,10-11H2,1-2H3. The van der Waals surface area contributed by atoms with Gasteiger partial charge in [0.05, 0.1) is 6.61 Å². The Labute approximate surface area is 120 Å². The highest BCUT2D eigenvalue weighted by atomic mass is 16.5. The van der Waals surface area contributed by atoms with Gasteiger partial charge < -0.3 is 4.74 Å². The number of benzene rings is 2. The third-order valence-electron chi connectivity index (χ3n) is 3.28. The van der Waals surface area contributed by atoms with Gasteiger partial charge in [-0.15, -0.1) is 0 Å². The van der Waals surface area contributed by atoms with Gasteiger partial charge in [0.2, 0.25) is 0 Å². The fraction of sp³-hybridized carbons (Fsp3) is 0.278. The normalized spacial score (nSPS) is 10.6. The van der Waals surface area contributed by atoms with Crippen molar-refractivity contribution in [3.8, 4) is 5.75 Å². The summed E-state index contributed by atoms with van der Waals surface area (Å²) in [6.07, 6.45) is 1.76. The third kappa shape index (κ3) is 3.70. The zero-order valence-electron chi connectivity index (χ0n) is 12.0. The minimum absolute atomic E-state index is 0.335. The second kappa shape index (κ2) is 6.90. The second-order valence-electron chi connectivity index (χ2n) is 5.15. The minimum atomic E-state index is 0.335. The SMILES string of the molecule is CC(C)c1cc(C=O)ccc1OCCc1ccccc1. The summed E-state index contributed by atoms with van der Waals surface area (Å²) in [6, 6.07) is 15.9. The van der Waals surface area contributed by atoms with Crippen molar-refractivity contribution in [3.05, 3.63) is 65.2 Å². The monoisotopic (exact) mass is 268 g/mol. The molecule has 104 valence electrons. The molecule has 2 rings (SSSR count). The Hall–Kier alpha value is -2.09. The van der Waals surface area contributed by atoms with E-state index in [1.807, 2.05) is 30.3 Å². The molecular weight excluding hydrogens is 248 g/mol. The first-order valence-electron chi connectivity index (χ1n) is 6.96. The van der Waals surface area contributed by atoms with Crippen molar-refractivity contribution in [2.75, 3.05) is 6.61 Å². The number of ether oxygens (including phenoxy) is 1. The number of hydrogen-bond donors (Lipinski definition) is 0. The van der Waals surface area contributed by atoms with Crippen LogP contribution >= 0.6 is 0 Å². The molecule has 20 heavy (non-hydrogen) atoms. The van der Waals surface area contributed by atoms with E-state index in [1.54, 1.807) is 6.07 Å². The molecule has 2 nitrogen and oxygen atoms in total. The maximum absolute atomic E-state index is 10.9. The lowest BCUT2D eigenvalue weighted by atomic mass is 10.00. The minimum Gasteiger partial charge on any atom is -0.493 e. The molecule has 2 heteroatoms. The number of aldehydes is 1. The zero-order chi connectivity index (χ0) is 14.4. The van der Waals surface area contributed by atoms with Gasteiger partial charge >= 0.3 is 0 Å². The van der Waals surface area contributed by atoms with Gasteiger partial charge in [-0.2, -0.15) is 0 Å². The molecular formula is C18H20O2. The fourth-order valence-electron chi connectivity index (χ4n) is 2.15. The maximum Gasteiger partial charge on any atom is 0.150 e. The molecule has 2 aromatic carbocycles. The van der Waals surface area contributed by atoms with Crippen LogP contribution in [0.15, 0.2) is 48.5 Å². The Morgan fingerprint density at radius 2 is 1.85 bits per heavy atom. The van der Waals surface area contributed by atoms with E-state index in [9.17, 15) is 4.79 Å². The van der Waals surface area contributed by atoms with Crippen LogP contribution in [-0.4, -0.2) is 12.9 Å². The van der Waals surface area contributed by atoms with Crippen LogP contribution in [0.5, 0.6) is 5.75 Å². The third-order valence-corrected chi connectivity index (χ3v) is 3.28. The van der Waals surface area contributed by atoms with E-state index in [4.69, 9.17) is 4.74 Å². The summed E-state index contributed by atoms with van der Waals surface area (Å²) in [5.41, 5.74) is 3.05. The molecule has 0 bridgehead atoms. The summed E-state index contributed by atoms with van der Waals surface area (Å²) in [5.74, 6) is 1.21.